The number of nitrogens with one attached hydrogen (secondary N) is 1. The summed E-state index contributed by atoms with van der Waals surface area (Å²) >= 11 is 3.58. The predicted molar refractivity (Wildman–Crippen MR) is 89.8 cm³/mol. The molecular formula is C17H26BrNO2. The molecule has 0 bridgehead atoms. The normalized spacial score (nSPS) is 14.7. The first-order valence-electron chi connectivity index (χ1n) is 7.87. The van der Waals surface area contributed by atoms with Gasteiger partial charge >= 0.3 is 0 Å². The van der Waals surface area contributed by atoms with Gasteiger partial charge in [0.15, 0.2) is 0 Å². The van der Waals surface area contributed by atoms with E-state index in [1.54, 1.807) is 0 Å². The van der Waals surface area contributed by atoms with E-state index in [0.29, 0.717) is 19.1 Å². The van der Waals surface area contributed by atoms with Crippen LogP contribution in [-0.2, 0) is 11.3 Å². The molecule has 2 rings (SSSR count). The lowest BCUT2D eigenvalue weighted by atomic mass is 10.1. The molecule has 0 amide bonds. The predicted octanol–water partition coefficient (Wildman–Crippen LogP) is 4.14. The molecule has 0 radical (unpaired) electrons. The third-order valence-electron chi connectivity index (χ3n) is 3.49. The maximum Gasteiger partial charge on any atom is 0.133 e. The van der Waals surface area contributed by atoms with Gasteiger partial charge in [-0.05, 0) is 58.8 Å². The summed E-state index contributed by atoms with van der Waals surface area (Å²) in [4.78, 5) is 0. The van der Waals surface area contributed by atoms with Gasteiger partial charge in [-0.2, -0.15) is 0 Å². The van der Waals surface area contributed by atoms with Crippen molar-refractivity contribution in [2.24, 2.45) is 5.92 Å². The van der Waals surface area contributed by atoms with Crippen molar-refractivity contribution in [3.8, 4) is 5.75 Å². The Morgan fingerprint density at radius 3 is 2.71 bits per heavy atom. The van der Waals surface area contributed by atoms with E-state index >= 15 is 0 Å². The maximum atomic E-state index is 5.74. The van der Waals surface area contributed by atoms with Crippen LogP contribution in [0.4, 0.5) is 0 Å². The molecule has 1 aliphatic carbocycles. The van der Waals surface area contributed by atoms with Gasteiger partial charge in [-0.3, -0.25) is 0 Å². The first kappa shape index (κ1) is 16.8. The van der Waals surface area contributed by atoms with Crippen molar-refractivity contribution < 1.29 is 9.47 Å². The number of hydrogen-bond donors (Lipinski definition) is 1. The third kappa shape index (κ3) is 6.81. The molecule has 1 fully saturated rings. The van der Waals surface area contributed by atoms with Crippen molar-refractivity contribution in [3.05, 3.63) is 28.2 Å². The molecule has 1 aliphatic rings. The van der Waals surface area contributed by atoms with E-state index in [-0.39, 0.29) is 0 Å². The van der Waals surface area contributed by atoms with Crippen LogP contribution >= 0.6 is 15.9 Å². The fraction of sp³-hybridized carbons (Fsp3) is 0.647. The topological polar surface area (TPSA) is 30.5 Å². The van der Waals surface area contributed by atoms with Gasteiger partial charge in [-0.25, -0.2) is 0 Å². The van der Waals surface area contributed by atoms with Crippen molar-refractivity contribution in [2.75, 3.05) is 19.8 Å². The zero-order valence-electron chi connectivity index (χ0n) is 13.0. The SMILES string of the molecule is CC(C)CCOCCOc1ccc(CNC2CC2)cc1Br. The first-order valence-corrected chi connectivity index (χ1v) is 8.67. The molecule has 118 valence electrons. The van der Waals surface area contributed by atoms with Gasteiger partial charge in [0, 0.05) is 19.2 Å². The van der Waals surface area contributed by atoms with Gasteiger partial charge in [-0.15, -0.1) is 0 Å². The van der Waals surface area contributed by atoms with Crippen LogP contribution in [0.3, 0.4) is 0 Å². The second kappa shape index (κ2) is 8.76. The molecule has 0 saturated heterocycles. The molecule has 1 N–H and O–H groups in total. The Hall–Kier alpha value is -0.580. The molecule has 21 heavy (non-hydrogen) atoms. The number of ether oxygens (including phenoxy) is 2. The van der Waals surface area contributed by atoms with Crippen LogP contribution in [0, 0.1) is 5.92 Å². The van der Waals surface area contributed by atoms with E-state index in [9.17, 15) is 0 Å². The lowest BCUT2D eigenvalue weighted by molar-refractivity contribution is 0.0923. The minimum absolute atomic E-state index is 0.594. The standard InChI is InChI=1S/C17H26BrNO2/c1-13(2)7-8-20-9-10-21-17-6-3-14(11-16(17)18)12-19-15-4-5-15/h3,6,11,13,15,19H,4-5,7-10,12H2,1-2H3. The highest BCUT2D eigenvalue weighted by atomic mass is 79.9. The highest BCUT2D eigenvalue weighted by molar-refractivity contribution is 9.10. The van der Waals surface area contributed by atoms with Crippen LogP contribution in [0.5, 0.6) is 5.75 Å². The van der Waals surface area contributed by atoms with Crippen molar-refractivity contribution in [3.63, 3.8) is 0 Å². The number of benzene rings is 1. The fourth-order valence-electron chi connectivity index (χ4n) is 1.95. The molecular weight excluding hydrogens is 330 g/mol. The number of hydrogen-bond acceptors (Lipinski definition) is 3. The van der Waals surface area contributed by atoms with Crippen molar-refractivity contribution in [2.45, 2.75) is 45.7 Å². The van der Waals surface area contributed by atoms with Crippen molar-refractivity contribution >= 4 is 15.9 Å². The van der Waals surface area contributed by atoms with E-state index < -0.39 is 0 Å². The van der Waals surface area contributed by atoms with Gasteiger partial charge in [0.25, 0.3) is 0 Å². The summed E-state index contributed by atoms with van der Waals surface area (Å²) in [6.07, 6.45) is 3.74. The lowest BCUT2D eigenvalue weighted by Gasteiger charge is -2.11. The molecule has 0 aliphatic heterocycles. The summed E-state index contributed by atoms with van der Waals surface area (Å²) in [7, 11) is 0. The summed E-state index contributed by atoms with van der Waals surface area (Å²) in [5, 5.41) is 3.51. The summed E-state index contributed by atoms with van der Waals surface area (Å²) in [6.45, 7) is 7.39. The second-order valence-electron chi connectivity index (χ2n) is 6.06. The van der Waals surface area contributed by atoms with Gasteiger partial charge in [0.1, 0.15) is 12.4 Å². The zero-order chi connectivity index (χ0) is 15.1. The molecule has 1 aromatic rings. The van der Waals surface area contributed by atoms with E-state index in [0.717, 1.165) is 35.8 Å². The third-order valence-corrected chi connectivity index (χ3v) is 4.11. The Morgan fingerprint density at radius 2 is 2.05 bits per heavy atom. The van der Waals surface area contributed by atoms with E-state index in [1.807, 2.05) is 6.07 Å². The molecule has 0 aromatic heterocycles. The average molecular weight is 356 g/mol. The van der Waals surface area contributed by atoms with Crippen LogP contribution < -0.4 is 10.1 Å². The second-order valence-corrected chi connectivity index (χ2v) is 6.92. The molecule has 0 unspecified atom stereocenters. The van der Waals surface area contributed by atoms with Crippen LogP contribution in [0.15, 0.2) is 22.7 Å². The monoisotopic (exact) mass is 355 g/mol. The van der Waals surface area contributed by atoms with Crippen LogP contribution in [0.1, 0.15) is 38.7 Å². The fourth-order valence-corrected chi connectivity index (χ4v) is 2.49. The largest absolute Gasteiger partial charge is 0.490 e. The zero-order valence-corrected chi connectivity index (χ0v) is 14.6. The summed E-state index contributed by atoms with van der Waals surface area (Å²) in [5.41, 5.74) is 1.29. The molecule has 0 atom stereocenters. The molecule has 4 heteroatoms. The highest BCUT2D eigenvalue weighted by Crippen LogP contribution is 2.26. The van der Waals surface area contributed by atoms with Gasteiger partial charge < -0.3 is 14.8 Å². The Bertz CT molecular complexity index is 433. The van der Waals surface area contributed by atoms with E-state index in [4.69, 9.17) is 9.47 Å². The smallest absolute Gasteiger partial charge is 0.133 e. The number of rotatable bonds is 10. The first-order chi connectivity index (χ1) is 10.1. The maximum absolute atomic E-state index is 5.74. The minimum atomic E-state index is 0.594. The molecule has 0 heterocycles. The van der Waals surface area contributed by atoms with Gasteiger partial charge in [-0.1, -0.05) is 19.9 Å². The Morgan fingerprint density at radius 1 is 1.24 bits per heavy atom. The minimum Gasteiger partial charge on any atom is -0.490 e. The van der Waals surface area contributed by atoms with E-state index in [2.05, 4.69) is 47.2 Å². The number of halogens is 1. The Labute approximate surface area is 136 Å². The lowest BCUT2D eigenvalue weighted by Crippen LogP contribution is -2.15. The van der Waals surface area contributed by atoms with Crippen molar-refractivity contribution in [1.29, 1.82) is 0 Å². The Balaban J connectivity index is 1.65. The van der Waals surface area contributed by atoms with Crippen LogP contribution in [0.2, 0.25) is 0 Å². The van der Waals surface area contributed by atoms with Gasteiger partial charge in [0.2, 0.25) is 0 Å². The van der Waals surface area contributed by atoms with Crippen molar-refractivity contribution in [1.82, 2.24) is 5.32 Å². The Kier molecular flexibility index (Phi) is 7.00. The van der Waals surface area contributed by atoms with Crippen LogP contribution in [-0.4, -0.2) is 25.9 Å². The summed E-state index contributed by atoms with van der Waals surface area (Å²) in [5.74, 6) is 1.58. The van der Waals surface area contributed by atoms with Gasteiger partial charge in [0.05, 0.1) is 11.1 Å². The quantitative estimate of drug-likeness (QED) is 0.639. The summed E-state index contributed by atoms with van der Waals surface area (Å²) < 4.78 is 12.3. The van der Waals surface area contributed by atoms with E-state index in [1.165, 1.54) is 18.4 Å². The summed E-state index contributed by atoms with van der Waals surface area (Å²) in [6, 6.07) is 7.02. The molecule has 0 spiro atoms. The molecule has 1 aromatic carbocycles. The highest BCUT2D eigenvalue weighted by Gasteiger charge is 2.19. The average Bonchev–Trinajstić information content (AvgIpc) is 3.26. The molecule has 3 nitrogen and oxygen atoms in total. The molecule has 1 saturated carbocycles. The van der Waals surface area contributed by atoms with Crippen LogP contribution in [0.25, 0.3) is 0 Å².